The Morgan fingerprint density at radius 3 is 2.52 bits per heavy atom. The molecule has 0 spiro atoms. The zero-order valence-electron chi connectivity index (χ0n) is 16.8. The first kappa shape index (κ1) is 20.8. The average Bonchev–Trinajstić information content (AvgIpc) is 3.16. The second-order valence-corrected chi connectivity index (χ2v) is 9.24. The molecule has 1 amide bonds. The Bertz CT molecular complexity index is 1110. The van der Waals surface area contributed by atoms with Crippen molar-refractivity contribution in [2.45, 2.75) is 24.7 Å². The molecule has 1 heterocycles. The molecule has 0 unspecified atom stereocenters. The first-order valence-electron chi connectivity index (χ1n) is 9.41. The zero-order valence-corrected chi connectivity index (χ0v) is 17.7. The van der Waals surface area contributed by atoms with Crippen molar-refractivity contribution >= 4 is 15.7 Å². The van der Waals surface area contributed by atoms with Crippen LogP contribution in [0.1, 0.15) is 28.0 Å². The molecule has 0 aliphatic heterocycles. The number of aryl methyl sites for hydroxylation is 2. The first-order chi connectivity index (χ1) is 13.8. The third-order valence-corrected chi connectivity index (χ3v) is 5.96. The van der Waals surface area contributed by atoms with Crippen LogP contribution in [0.25, 0.3) is 11.3 Å². The van der Waals surface area contributed by atoms with E-state index >= 15 is 0 Å². The molecule has 1 aromatic heterocycles. The fourth-order valence-electron chi connectivity index (χ4n) is 3.12. The Kier molecular flexibility index (Phi) is 6.17. The molecule has 0 atom stereocenters. The molecule has 29 heavy (non-hydrogen) atoms. The van der Waals surface area contributed by atoms with Gasteiger partial charge in [0.25, 0.3) is 5.91 Å². The number of benzene rings is 2. The topological polar surface area (TPSA) is 83.1 Å². The summed E-state index contributed by atoms with van der Waals surface area (Å²) in [7, 11) is -1.62. The Labute approximate surface area is 171 Å². The van der Waals surface area contributed by atoms with E-state index in [4.69, 9.17) is 0 Å². The summed E-state index contributed by atoms with van der Waals surface area (Å²) in [5, 5.41) is 7.40. The third-order valence-electron chi connectivity index (χ3n) is 4.85. The summed E-state index contributed by atoms with van der Waals surface area (Å²) in [4.78, 5) is 14.6. The monoisotopic (exact) mass is 411 g/mol. The average molecular weight is 412 g/mol. The molecule has 0 bridgehead atoms. The van der Waals surface area contributed by atoms with E-state index in [0.29, 0.717) is 12.1 Å². The predicted molar refractivity (Wildman–Crippen MR) is 114 cm³/mol. The molecular weight excluding hydrogens is 386 g/mol. The summed E-state index contributed by atoms with van der Waals surface area (Å²) in [6.45, 7) is 2.36. The molecule has 0 saturated heterocycles. The van der Waals surface area contributed by atoms with E-state index in [2.05, 4.69) is 10.2 Å². The fraction of sp³-hybridized carbons (Fsp3) is 0.273. The Morgan fingerprint density at radius 1 is 1.10 bits per heavy atom. The number of hydrogen-bond donors (Lipinski definition) is 1. The van der Waals surface area contributed by atoms with E-state index in [9.17, 15) is 13.2 Å². The number of nitrogens with one attached hydrogen (secondary N) is 1. The van der Waals surface area contributed by atoms with E-state index in [1.165, 1.54) is 12.1 Å². The minimum Gasteiger partial charge on any atom is -0.342 e. The van der Waals surface area contributed by atoms with Gasteiger partial charge in [0.2, 0.25) is 0 Å². The highest BCUT2D eigenvalue weighted by molar-refractivity contribution is 7.90. The summed E-state index contributed by atoms with van der Waals surface area (Å²) in [6, 6.07) is 16.6. The number of amides is 1. The standard InChI is InChI=1S/C22H25N3O3S/c1-16-11-12-19(29(3,27)28)15-20(16)22(26)25(2)13-7-10-18-14-21(24-23-18)17-8-5-4-6-9-17/h4-6,8-9,11-12,14-15H,7,10,13H2,1-3H3,(H,23,24). The van der Waals surface area contributed by atoms with Crippen LogP contribution in [-0.4, -0.2) is 49.3 Å². The smallest absolute Gasteiger partial charge is 0.253 e. The van der Waals surface area contributed by atoms with Crippen LogP contribution in [0.4, 0.5) is 0 Å². The third kappa shape index (κ3) is 5.12. The van der Waals surface area contributed by atoms with E-state index in [1.54, 1.807) is 18.0 Å². The van der Waals surface area contributed by atoms with Crippen LogP contribution in [0.15, 0.2) is 59.5 Å². The minimum atomic E-state index is -3.36. The Hall–Kier alpha value is -2.93. The second-order valence-electron chi connectivity index (χ2n) is 7.22. The maximum Gasteiger partial charge on any atom is 0.253 e. The van der Waals surface area contributed by atoms with Crippen molar-refractivity contribution in [3.63, 3.8) is 0 Å². The molecule has 3 aromatic rings. The summed E-state index contributed by atoms with van der Waals surface area (Å²) < 4.78 is 23.6. The van der Waals surface area contributed by atoms with E-state index in [0.717, 1.165) is 41.6 Å². The zero-order chi connectivity index (χ0) is 21.0. The van der Waals surface area contributed by atoms with Crippen molar-refractivity contribution in [2.75, 3.05) is 19.8 Å². The van der Waals surface area contributed by atoms with Gasteiger partial charge in [-0.15, -0.1) is 0 Å². The van der Waals surface area contributed by atoms with Crippen molar-refractivity contribution in [2.24, 2.45) is 0 Å². The highest BCUT2D eigenvalue weighted by Crippen LogP contribution is 2.19. The number of sulfone groups is 1. The minimum absolute atomic E-state index is 0.158. The number of carbonyl (C=O) groups excluding carboxylic acids is 1. The van der Waals surface area contributed by atoms with Crippen LogP contribution in [0, 0.1) is 6.92 Å². The van der Waals surface area contributed by atoms with Crippen LogP contribution in [-0.2, 0) is 16.3 Å². The van der Waals surface area contributed by atoms with Gasteiger partial charge >= 0.3 is 0 Å². The van der Waals surface area contributed by atoms with Crippen LogP contribution in [0.2, 0.25) is 0 Å². The Balaban J connectivity index is 1.61. The maximum absolute atomic E-state index is 12.8. The summed E-state index contributed by atoms with van der Waals surface area (Å²) in [6.07, 6.45) is 2.67. The number of H-pyrrole nitrogens is 1. The van der Waals surface area contributed by atoms with Crippen molar-refractivity contribution in [1.29, 1.82) is 0 Å². The lowest BCUT2D eigenvalue weighted by Gasteiger charge is -2.18. The molecule has 0 aliphatic rings. The number of hydrogen-bond acceptors (Lipinski definition) is 4. The number of carbonyl (C=O) groups is 1. The summed E-state index contributed by atoms with van der Waals surface area (Å²) >= 11 is 0. The van der Waals surface area contributed by atoms with Crippen LogP contribution >= 0.6 is 0 Å². The fourth-order valence-corrected chi connectivity index (χ4v) is 3.77. The first-order valence-corrected chi connectivity index (χ1v) is 11.3. The van der Waals surface area contributed by atoms with E-state index in [1.807, 2.05) is 43.3 Å². The Morgan fingerprint density at radius 2 is 1.83 bits per heavy atom. The summed E-state index contributed by atoms with van der Waals surface area (Å²) in [5.74, 6) is -0.178. The van der Waals surface area contributed by atoms with Crippen molar-refractivity contribution < 1.29 is 13.2 Å². The molecular formula is C22H25N3O3S. The predicted octanol–water partition coefficient (Wildman–Crippen LogP) is 3.49. The van der Waals surface area contributed by atoms with E-state index in [-0.39, 0.29) is 10.8 Å². The largest absolute Gasteiger partial charge is 0.342 e. The van der Waals surface area contributed by atoms with E-state index < -0.39 is 9.84 Å². The van der Waals surface area contributed by atoms with Crippen molar-refractivity contribution in [3.8, 4) is 11.3 Å². The lowest BCUT2D eigenvalue weighted by molar-refractivity contribution is 0.0792. The molecule has 3 rings (SSSR count). The molecule has 0 fully saturated rings. The molecule has 1 N–H and O–H groups in total. The van der Waals surface area contributed by atoms with Gasteiger partial charge in [0, 0.05) is 36.7 Å². The van der Waals surface area contributed by atoms with Crippen LogP contribution < -0.4 is 0 Å². The van der Waals surface area contributed by atoms with Crippen molar-refractivity contribution in [3.05, 3.63) is 71.4 Å². The van der Waals surface area contributed by atoms with Gasteiger partial charge in [0.1, 0.15) is 0 Å². The molecule has 0 radical (unpaired) electrons. The SMILES string of the molecule is Cc1ccc(S(C)(=O)=O)cc1C(=O)N(C)CCCc1cc(-c2ccccc2)n[nH]1. The molecule has 2 aromatic carbocycles. The van der Waals surface area contributed by atoms with Gasteiger partial charge in [0.15, 0.2) is 9.84 Å². The van der Waals surface area contributed by atoms with Gasteiger partial charge in [-0.3, -0.25) is 9.89 Å². The molecule has 7 heteroatoms. The highest BCUT2D eigenvalue weighted by atomic mass is 32.2. The number of aromatic nitrogens is 2. The lowest BCUT2D eigenvalue weighted by atomic mass is 10.1. The molecule has 152 valence electrons. The molecule has 0 aliphatic carbocycles. The van der Waals surface area contributed by atoms with Crippen LogP contribution in [0.5, 0.6) is 0 Å². The van der Waals surface area contributed by atoms with Gasteiger partial charge in [0.05, 0.1) is 10.6 Å². The van der Waals surface area contributed by atoms with Gasteiger partial charge in [-0.25, -0.2) is 8.42 Å². The highest BCUT2D eigenvalue weighted by Gasteiger charge is 2.17. The van der Waals surface area contributed by atoms with Gasteiger partial charge in [-0.1, -0.05) is 36.4 Å². The normalized spacial score (nSPS) is 11.4. The van der Waals surface area contributed by atoms with Gasteiger partial charge in [-0.2, -0.15) is 5.10 Å². The number of nitrogens with zero attached hydrogens (tertiary/aromatic N) is 2. The summed E-state index contributed by atoms with van der Waals surface area (Å²) in [5.41, 5.74) is 4.15. The van der Waals surface area contributed by atoms with Crippen LogP contribution in [0.3, 0.4) is 0 Å². The molecule has 0 saturated carbocycles. The van der Waals surface area contributed by atoms with Crippen molar-refractivity contribution in [1.82, 2.24) is 15.1 Å². The number of aromatic amines is 1. The van der Waals surface area contributed by atoms with Gasteiger partial charge < -0.3 is 4.90 Å². The molecule has 6 nitrogen and oxygen atoms in total. The maximum atomic E-state index is 12.8. The lowest BCUT2D eigenvalue weighted by Crippen LogP contribution is -2.28. The second kappa shape index (κ2) is 8.61. The van der Waals surface area contributed by atoms with Gasteiger partial charge in [-0.05, 0) is 43.5 Å². The number of rotatable bonds is 7. The quantitative estimate of drug-likeness (QED) is 0.645.